The summed E-state index contributed by atoms with van der Waals surface area (Å²) >= 11 is 3.16. The van der Waals surface area contributed by atoms with Gasteiger partial charge < -0.3 is 5.73 Å². The van der Waals surface area contributed by atoms with Gasteiger partial charge in [0.15, 0.2) is 0 Å². The van der Waals surface area contributed by atoms with Gasteiger partial charge in [0.2, 0.25) is 0 Å². The highest BCUT2D eigenvalue weighted by Gasteiger charge is 2.43. The normalized spacial score (nSPS) is 24.5. The molecule has 0 aliphatic heterocycles. The average molecular weight is 248 g/mol. The van der Waals surface area contributed by atoms with Crippen LogP contribution in [0.25, 0.3) is 0 Å². The van der Waals surface area contributed by atoms with Gasteiger partial charge in [-0.2, -0.15) is 0 Å². The highest BCUT2D eigenvalue weighted by atomic mass is 79.9. The van der Waals surface area contributed by atoms with Crippen molar-refractivity contribution in [2.75, 3.05) is 0 Å². The lowest BCUT2D eigenvalue weighted by Gasteiger charge is -2.09. The van der Waals surface area contributed by atoms with E-state index in [1.165, 1.54) is 6.07 Å². The number of rotatable bonds is 0. The van der Waals surface area contributed by atoms with Crippen molar-refractivity contribution in [3.63, 3.8) is 0 Å². The van der Waals surface area contributed by atoms with E-state index in [4.69, 9.17) is 5.73 Å². The number of hydrogen-bond acceptors (Lipinski definition) is 1. The van der Waals surface area contributed by atoms with Crippen LogP contribution in [0, 0.1) is 0 Å². The maximum atomic E-state index is 13.3. The van der Waals surface area contributed by atoms with Crippen molar-refractivity contribution in [1.82, 2.24) is 0 Å². The zero-order valence-corrected chi connectivity index (χ0v) is 8.31. The third-order valence-corrected chi connectivity index (χ3v) is 2.78. The SMILES string of the molecule is NC1CC(F)(F)c2cc(Br)ccc21. The van der Waals surface area contributed by atoms with Crippen LogP contribution in [0.1, 0.15) is 23.6 Å². The number of alkyl halides is 2. The number of fused-ring (bicyclic) bond motifs is 1. The summed E-state index contributed by atoms with van der Waals surface area (Å²) in [5, 5.41) is 0. The molecule has 0 saturated carbocycles. The van der Waals surface area contributed by atoms with Gasteiger partial charge in [0.05, 0.1) is 0 Å². The van der Waals surface area contributed by atoms with Crippen molar-refractivity contribution in [1.29, 1.82) is 0 Å². The molecule has 0 saturated heterocycles. The third-order valence-electron chi connectivity index (χ3n) is 2.29. The average Bonchev–Trinajstić information content (AvgIpc) is 2.23. The van der Waals surface area contributed by atoms with Crippen molar-refractivity contribution in [3.8, 4) is 0 Å². The van der Waals surface area contributed by atoms with Crippen LogP contribution >= 0.6 is 15.9 Å². The van der Waals surface area contributed by atoms with Gasteiger partial charge >= 0.3 is 0 Å². The third kappa shape index (κ3) is 1.38. The lowest BCUT2D eigenvalue weighted by molar-refractivity contribution is -0.00646. The molecule has 1 aromatic rings. The van der Waals surface area contributed by atoms with Crippen molar-refractivity contribution >= 4 is 15.9 Å². The first-order chi connectivity index (χ1) is 6.00. The van der Waals surface area contributed by atoms with Crippen LogP contribution in [0.3, 0.4) is 0 Å². The van der Waals surface area contributed by atoms with E-state index in [2.05, 4.69) is 15.9 Å². The maximum absolute atomic E-state index is 13.3. The number of nitrogens with two attached hydrogens (primary N) is 1. The topological polar surface area (TPSA) is 26.0 Å². The number of halogens is 3. The second-order valence-electron chi connectivity index (χ2n) is 3.25. The molecule has 1 aliphatic rings. The van der Waals surface area contributed by atoms with E-state index in [0.717, 1.165) is 0 Å². The standard InChI is InChI=1S/C9H8BrF2N/c10-5-1-2-6-7(3-5)9(11,12)4-8(6)13/h1-3,8H,4,13H2. The first-order valence-electron chi connectivity index (χ1n) is 3.94. The van der Waals surface area contributed by atoms with Gasteiger partial charge in [0.1, 0.15) is 0 Å². The molecule has 2 rings (SSSR count). The predicted octanol–water partition coefficient (Wildman–Crippen LogP) is 2.94. The lowest BCUT2D eigenvalue weighted by atomic mass is 10.1. The van der Waals surface area contributed by atoms with Gasteiger partial charge in [-0.1, -0.05) is 22.0 Å². The monoisotopic (exact) mass is 247 g/mol. The second-order valence-corrected chi connectivity index (χ2v) is 4.16. The molecule has 1 aliphatic carbocycles. The molecule has 1 unspecified atom stereocenters. The number of hydrogen-bond donors (Lipinski definition) is 1. The smallest absolute Gasteiger partial charge is 0.275 e. The van der Waals surface area contributed by atoms with Gasteiger partial charge in [-0.05, 0) is 17.7 Å². The summed E-state index contributed by atoms with van der Waals surface area (Å²) in [6.07, 6.45) is -0.279. The molecule has 13 heavy (non-hydrogen) atoms. The van der Waals surface area contributed by atoms with Crippen LogP contribution < -0.4 is 5.73 Å². The highest BCUT2D eigenvalue weighted by Crippen LogP contribution is 2.46. The Balaban J connectivity index is 2.60. The largest absolute Gasteiger partial charge is 0.324 e. The first kappa shape index (κ1) is 9.09. The van der Waals surface area contributed by atoms with Gasteiger partial charge in [-0.3, -0.25) is 0 Å². The molecule has 0 radical (unpaired) electrons. The van der Waals surface area contributed by atoms with Crippen LogP contribution in [0.15, 0.2) is 22.7 Å². The zero-order chi connectivity index (χ0) is 9.64. The molecule has 0 aromatic heterocycles. The Morgan fingerprint density at radius 1 is 1.46 bits per heavy atom. The van der Waals surface area contributed by atoms with E-state index >= 15 is 0 Å². The van der Waals surface area contributed by atoms with Crippen molar-refractivity contribution < 1.29 is 8.78 Å². The molecule has 1 aromatic carbocycles. The van der Waals surface area contributed by atoms with E-state index in [1.807, 2.05) is 0 Å². The molecule has 0 fully saturated rings. The fourth-order valence-electron chi connectivity index (χ4n) is 1.66. The van der Waals surface area contributed by atoms with Crippen molar-refractivity contribution in [2.45, 2.75) is 18.4 Å². The molecule has 4 heteroatoms. The fraction of sp³-hybridized carbons (Fsp3) is 0.333. The predicted molar refractivity (Wildman–Crippen MR) is 49.6 cm³/mol. The Labute approximate surface area is 83.1 Å². The summed E-state index contributed by atoms with van der Waals surface area (Å²) in [5.74, 6) is -2.77. The van der Waals surface area contributed by atoms with E-state index in [1.54, 1.807) is 12.1 Å². The summed E-state index contributed by atoms with van der Waals surface area (Å²) in [4.78, 5) is 0. The van der Waals surface area contributed by atoms with Gasteiger partial charge in [0.25, 0.3) is 5.92 Å². The Morgan fingerprint density at radius 3 is 2.85 bits per heavy atom. The Hall–Kier alpha value is -0.480. The minimum absolute atomic E-state index is 0.0642. The van der Waals surface area contributed by atoms with Crippen LogP contribution in [0.5, 0.6) is 0 Å². The van der Waals surface area contributed by atoms with Gasteiger partial charge in [-0.25, -0.2) is 8.78 Å². The van der Waals surface area contributed by atoms with Crippen LogP contribution in [-0.4, -0.2) is 0 Å². The molecule has 0 heterocycles. The minimum atomic E-state index is -2.77. The molecule has 1 nitrogen and oxygen atoms in total. The zero-order valence-electron chi connectivity index (χ0n) is 6.73. The van der Waals surface area contributed by atoms with Crippen LogP contribution in [0.2, 0.25) is 0 Å². The summed E-state index contributed by atoms with van der Waals surface area (Å²) in [6.45, 7) is 0. The maximum Gasteiger partial charge on any atom is 0.275 e. The van der Waals surface area contributed by atoms with Crippen molar-refractivity contribution in [2.24, 2.45) is 5.73 Å². The molecule has 70 valence electrons. The molecule has 0 bridgehead atoms. The minimum Gasteiger partial charge on any atom is -0.324 e. The molecule has 2 N–H and O–H groups in total. The van der Waals surface area contributed by atoms with Gasteiger partial charge in [0, 0.05) is 22.5 Å². The summed E-state index contributed by atoms with van der Waals surface area (Å²) < 4.78 is 27.2. The highest BCUT2D eigenvalue weighted by molar-refractivity contribution is 9.10. The Morgan fingerprint density at radius 2 is 2.15 bits per heavy atom. The van der Waals surface area contributed by atoms with E-state index in [-0.39, 0.29) is 12.0 Å². The van der Waals surface area contributed by atoms with Crippen LogP contribution in [-0.2, 0) is 5.92 Å². The van der Waals surface area contributed by atoms with E-state index in [0.29, 0.717) is 10.0 Å². The quantitative estimate of drug-likeness (QED) is 0.750. The summed E-state index contributed by atoms with van der Waals surface area (Å²) in [5.41, 5.74) is 6.20. The first-order valence-corrected chi connectivity index (χ1v) is 4.73. The molecule has 0 amide bonds. The van der Waals surface area contributed by atoms with Crippen molar-refractivity contribution in [3.05, 3.63) is 33.8 Å². The molecular formula is C9H8BrF2N. The Bertz CT molecular complexity index is 351. The molecule has 1 atom stereocenters. The van der Waals surface area contributed by atoms with Gasteiger partial charge in [-0.15, -0.1) is 0 Å². The van der Waals surface area contributed by atoms with Crippen LogP contribution in [0.4, 0.5) is 8.78 Å². The van der Waals surface area contributed by atoms with E-state index < -0.39 is 12.0 Å². The summed E-state index contributed by atoms with van der Waals surface area (Å²) in [7, 11) is 0. The van der Waals surface area contributed by atoms with E-state index in [9.17, 15) is 8.78 Å². The molecular weight excluding hydrogens is 240 g/mol. The fourth-order valence-corrected chi connectivity index (χ4v) is 2.03. The second kappa shape index (κ2) is 2.75. The summed E-state index contributed by atoms with van der Waals surface area (Å²) in [6, 6.07) is 4.31. The lowest BCUT2D eigenvalue weighted by Crippen LogP contribution is -2.10. The molecule has 0 spiro atoms. The Kier molecular flexibility index (Phi) is 1.92. The number of benzene rings is 1.